The minimum atomic E-state index is -1.88. The molecule has 1 N–H and O–H groups in total. The van der Waals surface area contributed by atoms with Gasteiger partial charge >= 0.3 is 0 Å². The van der Waals surface area contributed by atoms with Gasteiger partial charge in [-0.1, -0.05) is 20.8 Å². The second kappa shape index (κ2) is 8.50. The van der Waals surface area contributed by atoms with Crippen LogP contribution in [-0.4, -0.2) is 26.5 Å². The Morgan fingerprint density at radius 2 is 2.00 bits per heavy atom. The largest absolute Gasteiger partial charge is 0.467 e. The summed E-state index contributed by atoms with van der Waals surface area (Å²) in [6.07, 6.45) is 1.32. The molecule has 2 aliphatic rings. The first-order valence-electron chi connectivity index (χ1n) is 13.7. The molecule has 0 bridgehead atoms. The Balaban J connectivity index is 1.49. The lowest BCUT2D eigenvalue weighted by molar-refractivity contribution is -0.0355. The third-order valence-corrected chi connectivity index (χ3v) is 7.59. The number of benzene rings is 1. The molecular formula is C31H29N5O3. The molecule has 1 aliphatic carbocycles. The van der Waals surface area contributed by atoms with Gasteiger partial charge in [0.1, 0.15) is 22.9 Å². The van der Waals surface area contributed by atoms with Crippen LogP contribution in [0.5, 0.6) is 11.6 Å². The minimum absolute atomic E-state index is 0.204. The molecule has 39 heavy (non-hydrogen) atoms. The lowest BCUT2D eigenvalue weighted by Gasteiger charge is -2.40. The molecule has 0 spiro atoms. The zero-order valence-electron chi connectivity index (χ0n) is 24.6. The molecule has 8 nitrogen and oxygen atoms in total. The highest BCUT2D eigenvalue weighted by Gasteiger charge is 2.59. The second-order valence-corrected chi connectivity index (χ2v) is 11.1. The van der Waals surface area contributed by atoms with Gasteiger partial charge < -0.3 is 14.5 Å². The van der Waals surface area contributed by atoms with Crippen LogP contribution in [0.3, 0.4) is 0 Å². The smallest absolute Gasteiger partial charge is 0.274 e. The number of aromatic nitrogens is 3. The minimum Gasteiger partial charge on any atom is -0.467 e. The van der Waals surface area contributed by atoms with Crippen LogP contribution in [0, 0.1) is 32.8 Å². The molecule has 0 radical (unpaired) electrons. The fourth-order valence-corrected chi connectivity index (χ4v) is 5.45. The molecule has 0 amide bonds. The summed E-state index contributed by atoms with van der Waals surface area (Å²) in [5.74, 6) is 0.824. The molecule has 1 aliphatic heterocycles. The highest BCUT2D eigenvalue weighted by molar-refractivity contribution is 6.00. The van der Waals surface area contributed by atoms with E-state index in [1.807, 2.05) is 33.8 Å². The summed E-state index contributed by atoms with van der Waals surface area (Å²) >= 11 is 0. The number of pyridine rings is 3. The second-order valence-electron chi connectivity index (χ2n) is 11.1. The normalized spacial score (nSPS) is 21.8. The molecule has 6 rings (SSSR count). The van der Waals surface area contributed by atoms with Gasteiger partial charge in [0.15, 0.2) is 5.69 Å². The molecule has 2 atom stereocenters. The van der Waals surface area contributed by atoms with Gasteiger partial charge in [-0.2, -0.15) is 0 Å². The van der Waals surface area contributed by atoms with Gasteiger partial charge in [0, 0.05) is 49.6 Å². The predicted molar refractivity (Wildman–Crippen MR) is 150 cm³/mol. The van der Waals surface area contributed by atoms with Crippen LogP contribution < -0.4 is 10.3 Å². The number of nitrogens with one attached hydrogen (secondary N) is 1. The van der Waals surface area contributed by atoms with Crippen LogP contribution in [0.2, 0.25) is 0 Å². The van der Waals surface area contributed by atoms with E-state index in [4.69, 9.17) is 21.0 Å². The molecule has 1 aromatic carbocycles. The van der Waals surface area contributed by atoms with Crippen LogP contribution in [0.4, 0.5) is 5.69 Å². The molecular weight excluding hydrogens is 490 g/mol. The predicted octanol–water partition coefficient (Wildman–Crippen LogP) is 6.45. The van der Waals surface area contributed by atoms with Crippen molar-refractivity contribution in [1.29, 1.82) is 0 Å². The van der Waals surface area contributed by atoms with Gasteiger partial charge in [-0.3, -0.25) is 9.78 Å². The standard InChI is InChI=1S/C31H29N5O3/c1-16-12-19-8-9-24(35-26(19)28(37)34-16)38-23-13-22(17(2)25(32-7)18(23)3)29-36-27-21-10-11-33-15-20(21)14-31(27,39-29)30(4,5)6/h8-13,15,27H,14H2,1-6H3,(H,34,37)/t27-,31+/m0/s1/i14D2. The molecule has 4 heterocycles. The van der Waals surface area contributed by atoms with Crippen molar-refractivity contribution in [2.75, 3.05) is 0 Å². The third-order valence-electron chi connectivity index (χ3n) is 7.59. The summed E-state index contributed by atoms with van der Waals surface area (Å²) in [5, 5.41) is 0.694. The van der Waals surface area contributed by atoms with Crippen molar-refractivity contribution in [2.45, 2.75) is 59.6 Å². The maximum Gasteiger partial charge on any atom is 0.274 e. The highest BCUT2D eigenvalue weighted by Crippen LogP contribution is 2.56. The summed E-state index contributed by atoms with van der Waals surface area (Å²) < 4.78 is 31.3. The maximum absolute atomic E-state index is 12.5. The van der Waals surface area contributed by atoms with Gasteiger partial charge in [-0.05, 0) is 67.3 Å². The molecule has 0 unspecified atom stereocenters. The summed E-state index contributed by atoms with van der Waals surface area (Å²) in [4.78, 5) is 32.6. The van der Waals surface area contributed by atoms with Crippen LogP contribution in [0.15, 0.2) is 52.5 Å². The van der Waals surface area contributed by atoms with Crippen molar-refractivity contribution < 1.29 is 12.2 Å². The average Bonchev–Trinajstić information content (AvgIpc) is 3.41. The van der Waals surface area contributed by atoms with E-state index in [1.165, 1.54) is 0 Å². The third kappa shape index (κ3) is 3.72. The topological polar surface area (TPSA) is 93.8 Å². The Kier molecular flexibility index (Phi) is 4.90. The Bertz CT molecular complexity index is 1900. The Hall–Kier alpha value is -4.51. The molecule has 8 heteroatoms. The van der Waals surface area contributed by atoms with Gasteiger partial charge in [0.05, 0.1) is 6.57 Å². The van der Waals surface area contributed by atoms with Gasteiger partial charge in [-0.15, -0.1) is 0 Å². The van der Waals surface area contributed by atoms with E-state index in [0.29, 0.717) is 39.1 Å². The zero-order chi connectivity index (χ0) is 29.5. The van der Waals surface area contributed by atoms with E-state index in [-0.39, 0.29) is 22.9 Å². The number of hydrogen-bond acceptors (Lipinski definition) is 6. The summed E-state index contributed by atoms with van der Waals surface area (Å²) in [7, 11) is 0. The van der Waals surface area contributed by atoms with Crippen LogP contribution in [0.1, 0.15) is 63.1 Å². The van der Waals surface area contributed by atoms with Crippen molar-refractivity contribution in [3.8, 4) is 11.6 Å². The first-order chi connectivity index (χ1) is 19.3. The Morgan fingerprint density at radius 1 is 1.21 bits per heavy atom. The van der Waals surface area contributed by atoms with Crippen molar-refractivity contribution in [3.05, 3.63) is 98.0 Å². The lowest BCUT2D eigenvalue weighted by atomic mass is 9.72. The van der Waals surface area contributed by atoms with Gasteiger partial charge in [-0.25, -0.2) is 14.8 Å². The highest BCUT2D eigenvalue weighted by atomic mass is 16.5. The number of H-pyrrole nitrogens is 1. The van der Waals surface area contributed by atoms with Gasteiger partial charge in [0.25, 0.3) is 5.56 Å². The first kappa shape index (κ1) is 22.5. The zero-order valence-corrected chi connectivity index (χ0v) is 22.6. The quantitative estimate of drug-likeness (QED) is 0.313. The van der Waals surface area contributed by atoms with Crippen LogP contribution in [0.25, 0.3) is 15.7 Å². The molecule has 0 saturated heterocycles. The monoisotopic (exact) mass is 521 g/mol. The number of rotatable bonds is 3. The van der Waals surface area contributed by atoms with Crippen molar-refractivity contribution in [3.63, 3.8) is 0 Å². The molecule has 0 saturated carbocycles. The molecule has 4 aromatic rings. The van der Waals surface area contributed by atoms with E-state index >= 15 is 0 Å². The summed E-state index contributed by atoms with van der Waals surface area (Å²) in [6, 6.07) is 8.24. The number of aliphatic imine (C=N–C) groups is 1. The van der Waals surface area contributed by atoms with Crippen molar-refractivity contribution in [2.24, 2.45) is 10.4 Å². The lowest BCUT2D eigenvalue weighted by Crippen LogP contribution is -2.46. The van der Waals surface area contributed by atoms with Crippen molar-refractivity contribution in [1.82, 2.24) is 15.0 Å². The fraction of sp³-hybridized carbons (Fsp3) is 0.323. The van der Waals surface area contributed by atoms with Crippen LogP contribution in [-0.2, 0) is 11.1 Å². The molecule has 3 aromatic heterocycles. The van der Waals surface area contributed by atoms with Gasteiger partial charge in [0.2, 0.25) is 11.8 Å². The van der Waals surface area contributed by atoms with E-state index in [9.17, 15) is 7.54 Å². The number of fused-ring (bicyclic) bond motifs is 4. The number of ether oxygens (including phenoxy) is 2. The number of aromatic amines is 1. The van der Waals surface area contributed by atoms with E-state index < -0.39 is 23.4 Å². The summed E-state index contributed by atoms with van der Waals surface area (Å²) in [6.45, 7) is 19.2. The summed E-state index contributed by atoms with van der Waals surface area (Å²) in [5.41, 5.74) is 2.07. The van der Waals surface area contributed by atoms with Crippen LogP contribution >= 0.6 is 0 Å². The Labute approximate surface area is 229 Å². The number of hydrogen-bond donors (Lipinski definition) is 1. The first-order valence-corrected chi connectivity index (χ1v) is 12.7. The fourth-order valence-electron chi connectivity index (χ4n) is 5.45. The Morgan fingerprint density at radius 3 is 2.74 bits per heavy atom. The number of aryl methyl sites for hydroxylation is 1. The molecule has 196 valence electrons. The molecule has 0 fully saturated rings. The van der Waals surface area contributed by atoms with E-state index in [2.05, 4.69) is 19.8 Å². The maximum atomic E-state index is 12.5. The number of nitrogens with zero attached hydrogens (tertiary/aromatic N) is 4. The van der Waals surface area contributed by atoms with E-state index in [0.717, 1.165) is 11.3 Å². The van der Waals surface area contributed by atoms with E-state index in [1.54, 1.807) is 50.5 Å². The average molecular weight is 522 g/mol. The SMILES string of the molecule is [2H]C1([2H])c2cnccc2[C@@H]2N=C(c3cc(Oc4ccc5cc(C)[nH]c(=O)c5n4)c(C)c([N+]#[C-])c3C)O[C@@]21C(C)(C)C. The van der Waals surface area contributed by atoms with Crippen molar-refractivity contribution >= 4 is 22.5 Å².